The quantitative estimate of drug-likeness (QED) is 0.694. The Morgan fingerprint density at radius 2 is 1.71 bits per heavy atom. The van der Waals surface area contributed by atoms with Gasteiger partial charge in [0.15, 0.2) is 0 Å². The monoisotopic (exact) mass is 272 g/mol. The van der Waals surface area contributed by atoms with E-state index in [1.165, 1.54) is 31.2 Å². The minimum absolute atomic E-state index is 0.380. The van der Waals surface area contributed by atoms with Crippen molar-refractivity contribution in [2.24, 2.45) is 0 Å². The van der Waals surface area contributed by atoms with Crippen LogP contribution >= 0.6 is 27.5 Å². The lowest BCUT2D eigenvalue weighted by molar-refractivity contribution is 0.505. The van der Waals surface area contributed by atoms with Crippen LogP contribution in [0.1, 0.15) is 31.2 Å². The molecule has 0 radical (unpaired) electrons. The highest BCUT2D eigenvalue weighted by Gasteiger charge is 2.34. The van der Waals surface area contributed by atoms with E-state index in [0.717, 1.165) is 10.4 Å². The van der Waals surface area contributed by atoms with Crippen LogP contribution in [-0.4, -0.2) is 5.33 Å². The van der Waals surface area contributed by atoms with E-state index in [1.807, 2.05) is 12.1 Å². The molecule has 0 N–H and O–H groups in total. The predicted octanol–water partition coefficient (Wildman–Crippen LogP) is 4.55. The molecule has 2 rings (SSSR count). The Hall–Kier alpha value is -0.0100. The summed E-state index contributed by atoms with van der Waals surface area (Å²) >= 11 is 9.55. The van der Waals surface area contributed by atoms with Gasteiger partial charge in [-0.05, 0) is 30.5 Å². The van der Waals surface area contributed by atoms with Gasteiger partial charge in [-0.25, -0.2) is 0 Å². The summed E-state index contributed by atoms with van der Waals surface area (Å²) in [4.78, 5) is 0. The molecule has 1 saturated carbocycles. The van der Waals surface area contributed by atoms with Crippen LogP contribution in [0.5, 0.6) is 0 Å². The minimum Gasteiger partial charge on any atom is -0.0918 e. The molecule has 1 aromatic carbocycles. The van der Waals surface area contributed by atoms with Gasteiger partial charge in [-0.1, -0.05) is 52.5 Å². The van der Waals surface area contributed by atoms with Crippen molar-refractivity contribution in [3.8, 4) is 0 Å². The Morgan fingerprint density at radius 3 is 2.21 bits per heavy atom. The molecule has 1 aliphatic carbocycles. The third-order valence-electron chi connectivity index (χ3n) is 3.27. The lowest BCUT2D eigenvalue weighted by Gasteiger charge is -2.27. The Balaban J connectivity index is 2.31. The van der Waals surface area contributed by atoms with E-state index in [2.05, 4.69) is 28.1 Å². The molecule has 0 bridgehead atoms. The van der Waals surface area contributed by atoms with Gasteiger partial charge in [0, 0.05) is 15.8 Å². The maximum atomic E-state index is 5.90. The van der Waals surface area contributed by atoms with Crippen LogP contribution in [0.25, 0.3) is 0 Å². The molecule has 0 saturated heterocycles. The topological polar surface area (TPSA) is 0 Å². The summed E-state index contributed by atoms with van der Waals surface area (Å²) in [5.74, 6) is 0. The SMILES string of the molecule is Clc1ccc(C2(CBr)CCCC2)cc1. The van der Waals surface area contributed by atoms with Crippen molar-refractivity contribution in [2.75, 3.05) is 5.33 Å². The van der Waals surface area contributed by atoms with E-state index in [1.54, 1.807) is 0 Å². The summed E-state index contributed by atoms with van der Waals surface area (Å²) in [7, 11) is 0. The van der Waals surface area contributed by atoms with Crippen molar-refractivity contribution < 1.29 is 0 Å². The fraction of sp³-hybridized carbons (Fsp3) is 0.500. The normalized spacial score (nSPS) is 19.9. The Labute approximate surface area is 98.8 Å². The molecule has 0 nitrogen and oxygen atoms in total. The Morgan fingerprint density at radius 1 is 1.14 bits per heavy atom. The molecule has 1 aliphatic rings. The second-order valence-electron chi connectivity index (χ2n) is 4.13. The third kappa shape index (κ3) is 1.85. The maximum Gasteiger partial charge on any atom is 0.0406 e. The van der Waals surface area contributed by atoms with Crippen molar-refractivity contribution >= 4 is 27.5 Å². The number of halogens is 2. The number of benzene rings is 1. The molecule has 2 heteroatoms. The van der Waals surface area contributed by atoms with Crippen molar-refractivity contribution in [3.63, 3.8) is 0 Å². The van der Waals surface area contributed by atoms with E-state index < -0.39 is 0 Å². The fourth-order valence-electron chi connectivity index (χ4n) is 2.35. The van der Waals surface area contributed by atoms with Gasteiger partial charge in [0.2, 0.25) is 0 Å². The zero-order valence-electron chi connectivity index (χ0n) is 8.10. The molecular formula is C12H14BrCl. The van der Waals surface area contributed by atoms with Gasteiger partial charge in [-0.2, -0.15) is 0 Å². The van der Waals surface area contributed by atoms with Crippen LogP contribution in [0.2, 0.25) is 5.02 Å². The molecule has 76 valence electrons. The molecular weight excluding hydrogens is 259 g/mol. The average molecular weight is 274 g/mol. The second-order valence-corrected chi connectivity index (χ2v) is 5.13. The first-order valence-corrected chi connectivity index (χ1v) is 6.59. The summed E-state index contributed by atoms with van der Waals surface area (Å²) in [6.07, 6.45) is 5.32. The largest absolute Gasteiger partial charge is 0.0918 e. The number of hydrogen-bond donors (Lipinski definition) is 0. The van der Waals surface area contributed by atoms with Crippen LogP contribution in [0.15, 0.2) is 24.3 Å². The van der Waals surface area contributed by atoms with Crippen LogP contribution in [0, 0.1) is 0 Å². The van der Waals surface area contributed by atoms with Gasteiger partial charge in [-0.3, -0.25) is 0 Å². The van der Waals surface area contributed by atoms with Crippen LogP contribution < -0.4 is 0 Å². The molecule has 0 atom stereocenters. The molecule has 0 aromatic heterocycles. The third-order valence-corrected chi connectivity index (χ3v) is 4.60. The van der Waals surface area contributed by atoms with E-state index in [9.17, 15) is 0 Å². The molecule has 0 amide bonds. The highest BCUT2D eigenvalue weighted by atomic mass is 79.9. The molecule has 0 aliphatic heterocycles. The highest BCUT2D eigenvalue weighted by molar-refractivity contribution is 9.09. The van der Waals surface area contributed by atoms with Gasteiger partial charge in [0.25, 0.3) is 0 Å². The summed E-state index contributed by atoms with van der Waals surface area (Å²) in [5, 5.41) is 1.90. The van der Waals surface area contributed by atoms with Gasteiger partial charge >= 0.3 is 0 Å². The standard InChI is InChI=1S/C12H14BrCl/c13-9-12(7-1-2-8-12)10-3-5-11(14)6-4-10/h3-6H,1-2,7-9H2. The Bertz CT molecular complexity index is 299. The fourth-order valence-corrected chi connectivity index (χ4v) is 3.37. The summed E-state index contributed by atoms with van der Waals surface area (Å²) in [6, 6.07) is 8.35. The van der Waals surface area contributed by atoms with E-state index in [-0.39, 0.29) is 0 Å². The zero-order chi connectivity index (χ0) is 10.0. The Kier molecular flexibility index (Phi) is 3.18. The van der Waals surface area contributed by atoms with Crippen LogP contribution in [0.4, 0.5) is 0 Å². The van der Waals surface area contributed by atoms with Gasteiger partial charge < -0.3 is 0 Å². The molecule has 0 unspecified atom stereocenters. The lowest BCUT2D eigenvalue weighted by atomic mass is 9.81. The van der Waals surface area contributed by atoms with E-state index in [4.69, 9.17) is 11.6 Å². The first kappa shape index (κ1) is 10.5. The van der Waals surface area contributed by atoms with Crippen LogP contribution in [-0.2, 0) is 5.41 Å². The molecule has 0 heterocycles. The van der Waals surface area contributed by atoms with Gasteiger partial charge in [-0.15, -0.1) is 0 Å². The van der Waals surface area contributed by atoms with Crippen molar-refractivity contribution in [2.45, 2.75) is 31.1 Å². The summed E-state index contributed by atoms with van der Waals surface area (Å²) in [5.41, 5.74) is 1.82. The summed E-state index contributed by atoms with van der Waals surface area (Å²) < 4.78 is 0. The van der Waals surface area contributed by atoms with Gasteiger partial charge in [0.1, 0.15) is 0 Å². The molecule has 14 heavy (non-hydrogen) atoms. The zero-order valence-corrected chi connectivity index (χ0v) is 10.4. The second kappa shape index (κ2) is 4.24. The smallest absolute Gasteiger partial charge is 0.0406 e. The first-order valence-electron chi connectivity index (χ1n) is 5.09. The number of alkyl halides is 1. The predicted molar refractivity (Wildman–Crippen MR) is 65.4 cm³/mol. The minimum atomic E-state index is 0.380. The van der Waals surface area contributed by atoms with Crippen molar-refractivity contribution in [1.82, 2.24) is 0 Å². The summed E-state index contributed by atoms with van der Waals surface area (Å²) in [6.45, 7) is 0. The number of hydrogen-bond acceptors (Lipinski definition) is 0. The molecule has 1 fully saturated rings. The lowest BCUT2D eigenvalue weighted by Crippen LogP contribution is -2.23. The average Bonchev–Trinajstić information content (AvgIpc) is 2.68. The van der Waals surface area contributed by atoms with E-state index >= 15 is 0 Å². The van der Waals surface area contributed by atoms with Gasteiger partial charge in [0.05, 0.1) is 0 Å². The van der Waals surface area contributed by atoms with E-state index in [0.29, 0.717) is 5.41 Å². The molecule has 1 aromatic rings. The molecule has 0 spiro atoms. The van der Waals surface area contributed by atoms with Crippen LogP contribution in [0.3, 0.4) is 0 Å². The maximum absolute atomic E-state index is 5.90. The number of rotatable bonds is 2. The van der Waals surface area contributed by atoms with Crippen molar-refractivity contribution in [1.29, 1.82) is 0 Å². The van der Waals surface area contributed by atoms with Crippen molar-refractivity contribution in [3.05, 3.63) is 34.9 Å². The highest BCUT2D eigenvalue weighted by Crippen LogP contribution is 2.42. The first-order chi connectivity index (χ1) is 6.77.